The smallest absolute Gasteiger partial charge is 0.200 e. The molecule has 1 aliphatic heterocycles. The van der Waals surface area contributed by atoms with Gasteiger partial charge in [0.15, 0.2) is 5.78 Å². The van der Waals surface area contributed by atoms with Crippen molar-refractivity contribution >= 4 is 21.7 Å². The van der Waals surface area contributed by atoms with Crippen molar-refractivity contribution in [1.29, 1.82) is 0 Å². The van der Waals surface area contributed by atoms with Crippen molar-refractivity contribution in [3.8, 4) is 0 Å². The first-order chi connectivity index (χ1) is 8.54. The van der Waals surface area contributed by atoms with E-state index < -0.39 is 0 Å². The normalized spacial score (nSPS) is 22.3. The maximum atomic E-state index is 12.7. The monoisotopic (exact) mass is 314 g/mol. The van der Waals surface area contributed by atoms with Crippen LogP contribution in [-0.4, -0.2) is 65.1 Å². The van der Waals surface area contributed by atoms with Crippen molar-refractivity contribution in [3.63, 3.8) is 0 Å². The maximum Gasteiger partial charge on any atom is 0.200 e. The van der Waals surface area contributed by atoms with Crippen LogP contribution in [0, 0.1) is 0 Å². The molecule has 18 heavy (non-hydrogen) atoms. The lowest BCUT2D eigenvalue weighted by molar-refractivity contribution is 0.0675. The van der Waals surface area contributed by atoms with E-state index in [4.69, 9.17) is 0 Å². The molecule has 0 radical (unpaired) electrons. The minimum atomic E-state index is -0.0814. The summed E-state index contributed by atoms with van der Waals surface area (Å²) in [6.07, 6.45) is 1.70. The minimum absolute atomic E-state index is 0.0814. The molecule has 0 bridgehead atoms. The molecule has 1 fully saturated rings. The number of rotatable bonds is 3. The molecule has 0 aliphatic carbocycles. The summed E-state index contributed by atoms with van der Waals surface area (Å²) in [7, 11) is 4.07. The predicted octanol–water partition coefficient (Wildman–Crippen LogP) is 1.09. The number of halogens is 1. The molecule has 0 saturated carbocycles. The molecule has 100 valence electrons. The van der Waals surface area contributed by atoms with Crippen LogP contribution < -0.4 is 0 Å². The molecule has 1 aliphatic rings. The molecule has 2 heterocycles. The largest absolute Gasteiger partial charge is 0.303 e. The molecule has 1 atom stereocenters. The van der Waals surface area contributed by atoms with E-state index in [1.165, 1.54) is 0 Å². The first-order valence-electron chi connectivity index (χ1n) is 6.19. The Morgan fingerprint density at radius 1 is 1.50 bits per heavy atom. The average Bonchev–Trinajstić information content (AvgIpc) is 2.72. The lowest BCUT2D eigenvalue weighted by Gasteiger charge is -2.36. The molecule has 0 N–H and O–H groups in total. The van der Waals surface area contributed by atoms with Gasteiger partial charge in [0.25, 0.3) is 0 Å². The van der Waals surface area contributed by atoms with Gasteiger partial charge in [-0.2, -0.15) is 5.10 Å². The van der Waals surface area contributed by atoms with Crippen LogP contribution in [0.15, 0.2) is 10.7 Å². The molecule has 6 heteroatoms. The highest BCUT2D eigenvalue weighted by Gasteiger charge is 2.32. The average molecular weight is 315 g/mol. The van der Waals surface area contributed by atoms with E-state index >= 15 is 0 Å². The van der Waals surface area contributed by atoms with Gasteiger partial charge in [0.2, 0.25) is 0 Å². The third-order valence-corrected chi connectivity index (χ3v) is 4.06. The number of carbonyl (C=O) groups is 1. The van der Waals surface area contributed by atoms with Gasteiger partial charge in [-0.15, -0.1) is 0 Å². The third-order valence-electron chi connectivity index (χ3n) is 3.48. The minimum Gasteiger partial charge on any atom is -0.303 e. The second kappa shape index (κ2) is 5.50. The van der Waals surface area contributed by atoms with Crippen molar-refractivity contribution in [2.24, 2.45) is 0 Å². The number of piperazine rings is 1. The van der Waals surface area contributed by atoms with E-state index in [0.29, 0.717) is 12.2 Å². The van der Waals surface area contributed by atoms with Gasteiger partial charge in [0.05, 0.1) is 16.7 Å². The Morgan fingerprint density at radius 2 is 2.22 bits per heavy atom. The SMILES string of the molecule is CCn1ncc(Br)c1C(=O)C1CN(C)CCN1C. The molecule has 2 rings (SSSR count). The zero-order valence-corrected chi connectivity index (χ0v) is 12.6. The fourth-order valence-electron chi connectivity index (χ4n) is 2.30. The highest BCUT2D eigenvalue weighted by Crippen LogP contribution is 2.20. The second-order valence-electron chi connectivity index (χ2n) is 4.78. The highest BCUT2D eigenvalue weighted by atomic mass is 79.9. The number of nitrogens with zero attached hydrogens (tertiary/aromatic N) is 4. The molecule has 0 spiro atoms. The summed E-state index contributed by atoms with van der Waals surface area (Å²) in [4.78, 5) is 17.0. The van der Waals surface area contributed by atoms with E-state index in [1.807, 2.05) is 14.0 Å². The van der Waals surface area contributed by atoms with Crippen LogP contribution in [0.4, 0.5) is 0 Å². The number of aromatic nitrogens is 2. The van der Waals surface area contributed by atoms with Crippen molar-refractivity contribution < 1.29 is 4.79 Å². The molecule has 5 nitrogen and oxygen atoms in total. The maximum absolute atomic E-state index is 12.7. The zero-order chi connectivity index (χ0) is 13.3. The summed E-state index contributed by atoms with van der Waals surface area (Å²) in [5, 5.41) is 4.21. The Balaban J connectivity index is 2.27. The summed E-state index contributed by atoms with van der Waals surface area (Å²) >= 11 is 3.42. The quantitative estimate of drug-likeness (QED) is 0.783. The topological polar surface area (TPSA) is 41.4 Å². The standard InChI is InChI=1S/C12H19BrN4O/c1-4-17-11(9(13)7-14-17)12(18)10-8-15(2)5-6-16(10)3/h7,10H,4-6,8H2,1-3H3. The first kappa shape index (κ1) is 13.7. The Labute approximate surface area is 116 Å². The van der Waals surface area contributed by atoms with Crippen LogP contribution >= 0.6 is 15.9 Å². The molecule has 1 unspecified atom stereocenters. The molecule has 1 aromatic heterocycles. The molecular formula is C12H19BrN4O. The van der Waals surface area contributed by atoms with Gasteiger partial charge in [0, 0.05) is 26.2 Å². The molecule has 1 saturated heterocycles. The van der Waals surface area contributed by atoms with Gasteiger partial charge in [-0.3, -0.25) is 14.4 Å². The molecule has 1 aromatic rings. The van der Waals surface area contributed by atoms with Crippen molar-refractivity contribution in [2.45, 2.75) is 19.5 Å². The summed E-state index contributed by atoms with van der Waals surface area (Å²) in [6, 6.07) is -0.0814. The van der Waals surface area contributed by atoms with Crippen LogP contribution in [0.25, 0.3) is 0 Å². The van der Waals surface area contributed by atoms with Crippen molar-refractivity contribution in [1.82, 2.24) is 19.6 Å². The number of hydrogen-bond donors (Lipinski definition) is 0. The van der Waals surface area contributed by atoms with Crippen LogP contribution in [0.1, 0.15) is 17.4 Å². The van der Waals surface area contributed by atoms with E-state index in [2.05, 4.69) is 37.9 Å². The fraction of sp³-hybridized carbons (Fsp3) is 0.667. The van der Waals surface area contributed by atoms with Crippen LogP contribution in [0.2, 0.25) is 0 Å². The summed E-state index contributed by atoms with van der Waals surface area (Å²) in [5.74, 6) is 0.148. The molecule has 0 aromatic carbocycles. The van der Waals surface area contributed by atoms with Crippen LogP contribution in [0.5, 0.6) is 0 Å². The lowest BCUT2D eigenvalue weighted by atomic mass is 10.1. The second-order valence-corrected chi connectivity index (χ2v) is 5.63. The van der Waals surface area contributed by atoms with Crippen molar-refractivity contribution in [3.05, 3.63) is 16.4 Å². The number of hydrogen-bond acceptors (Lipinski definition) is 4. The third kappa shape index (κ3) is 2.50. The lowest BCUT2D eigenvalue weighted by Crippen LogP contribution is -2.53. The Bertz CT molecular complexity index is 445. The van der Waals surface area contributed by atoms with Gasteiger partial charge < -0.3 is 4.90 Å². The van der Waals surface area contributed by atoms with E-state index in [-0.39, 0.29) is 11.8 Å². The van der Waals surface area contributed by atoms with E-state index in [0.717, 1.165) is 24.1 Å². The van der Waals surface area contributed by atoms with E-state index in [1.54, 1.807) is 10.9 Å². The Morgan fingerprint density at radius 3 is 2.89 bits per heavy atom. The van der Waals surface area contributed by atoms with Gasteiger partial charge in [-0.05, 0) is 36.9 Å². The van der Waals surface area contributed by atoms with Gasteiger partial charge >= 0.3 is 0 Å². The number of Topliss-reactive ketones (excluding diaryl/α,β-unsaturated/α-hetero) is 1. The van der Waals surface area contributed by atoms with Crippen molar-refractivity contribution in [2.75, 3.05) is 33.7 Å². The predicted molar refractivity (Wildman–Crippen MR) is 73.8 cm³/mol. The zero-order valence-electron chi connectivity index (χ0n) is 11.1. The summed E-state index contributed by atoms with van der Waals surface area (Å²) < 4.78 is 2.55. The summed E-state index contributed by atoms with van der Waals surface area (Å²) in [6.45, 7) is 5.40. The molecule has 0 amide bonds. The Hall–Kier alpha value is -0.720. The van der Waals surface area contributed by atoms with Crippen LogP contribution in [-0.2, 0) is 6.54 Å². The number of carbonyl (C=O) groups excluding carboxylic acids is 1. The van der Waals surface area contributed by atoms with Gasteiger partial charge in [0.1, 0.15) is 5.69 Å². The van der Waals surface area contributed by atoms with Gasteiger partial charge in [-0.1, -0.05) is 0 Å². The fourth-order valence-corrected chi connectivity index (χ4v) is 2.79. The highest BCUT2D eigenvalue weighted by molar-refractivity contribution is 9.10. The van der Waals surface area contributed by atoms with Crippen LogP contribution in [0.3, 0.4) is 0 Å². The number of aryl methyl sites for hydroxylation is 1. The number of likely N-dealkylation sites (N-methyl/N-ethyl adjacent to an activating group) is 2. The summed E-state index contributed by atoms with van der Waals surface area (Å²) in [5.41, 5.74) is 0.685. The first-order valence-corrected chi connectivity index (χ1v) is 6.98. The molecular weight excluding hydrogens is 296 g/mol. The Kier molecular flexibility index (Phi) is 4.19. The number of ketones is 1. The van der Waals surface area contributed by atoms with Gasteiger partial charge in [-0.25, -0.2) is 0 Å². The van der Waals surface area contributed by atoms with E-state index in [9.17, 15) is 4.79 Å².